The maximum atomic E-state index is 14.4. The van der Waals surface area contributed by atoms with Gasteiger partial charge >= 0.3 is 0 Å². The number of aromatic hydroxyl groups is 1. The summed E-state index contributed by atoms with van der Waals surface area (Å²) in [4.78, 5) is 0. The lowest BCUT2D eigenvalue weighted by molar-refractivity contribution is 0.160. The molecule has 0 spiro atoms. The molecule has 2 aromatic carbocycles. The number of rotatable bonds is 7. The Balaban J connectivity index is 1.57. The van der Waals surface area contributed by atoms with Crippen molar-refractivity contribution in [2.45, 2.75) is 70.3 Å². The average Bonchev–Trinajstić information content (AvgIpc) is 2.74. The van der Waals surface area contributed by atoms with Crippen molar-refractivity contribution in [3.05, 3.63) is 64.2 Å². The van der Waals surface area contributed by atoms with Crippen molar-refractivity contribution in [3.8, 4) is 5.75 Å². The molecule has 2 nitrogen and oxygen atoms in total. The molecule has 1 fully saturated rings. The first-order chi connectivity index (χ1) is 14.3. The molecular formula is C24H28F4O2. The van der Waals surface area contributed by atoms with Crippen molar-refractivity contribution in [2.24, 2.45) is 5.92 Å². The summed E-state index contributed by atoms with van der Waals surface area (Å²) in [6.07, 6.45) is 4.09. The standard InChI is InChI=1S/C24H28F4O2/c1-2-3-19(29)18-11-10-16(21(25)23(18)27)9-6-14-4-7-15(8-5-14)17-12-13-20(30)24(28)22(17)26/h10-15,19,29-30H,2-9H2,1H3. The van der Waals surface area contributed by atoms with Gasteiger partial charge in [0, 0.05) is 5.56 Å². The zero-order valence-electron chi connectivity index (χ0n) is 17.1. The Hall–Kier alpha value is -2.08. The highest BCUT2D eigenvalue weighted by Gasteiger charge is 2.27. The van der Waals surface area contributed by atoms with Gasteiger partial charge in [-0.25, -0.2) is 13.2 Å². The van der Waals surface area contributed by atoms with Crippen molar-refractivity contribution in [1.82, 2.24) is 0 Å². The van der Waals surface area contributed by atoms with E-state index in [-0.39, 0.29) is 17.0 Å². The Morgan fingerprint density at radius 3 is 2.27 bits per heavy atom. The summed E-state index contributed by atoms with van der Waals surface area (Å²) in [6.45, 7) is 1.87. The molecule has 1 aliphatic carbocycles. The molecule has 0 heterocycles. The summed E-state index contributed by atoms with van der Waals surface area (Å²) in [6, 6.07) is 5.63. The number of hydrogen-bond acceptors (Lipinski definition) is 2. The van der Waals surface area contributed by atoms with Crippen molar-refractivity contribution in [3.63, 3.8) is 0 Å². The van der Waals surface area contributed by atoms with Gasteiger partial charge in [-0.3, -0.25) is 0 Å². The number of halogens is 4. The molecule has 0 bridgehead atoms. The van der Waals surface area contributed by atoms with Gasteiger partial charge in [0.2, 0.25) is 5.82 Å². The van der Waals surface area contributed by atoms with E-state index in [1.165, 1.54) is 18.2 Å². The normalized spacial score (nSPS) is 20.3. The zero-order valence-corrected chi connectivity index (χ0v) is 17.1. The fraction of sp³-hybridized carbons (Fsp3) is 0.500. The van der Waals surface area contributed by atoms with Crippen LogP contribution in [0, 0.1) is 29.2 Å². The van der Waals surface area contributed by atoms with Crippen LogP contribution >= 0.6 is 0 Å². The number of benzene rings is 2. The largest absolute Gasteiger partial charge is 0.505 e. The van der Waals surface area contributed by atoms with Gasteiger partial charge in [-0.2, -0.15) is 4.39 Å². The van der Waals surface area contributed by atoms with Gasteiger partial charge in [-0.05, 0) is 74.0 Å². The van der Waals surface area contributed by atoms with Gasteiger partial charge in [0.25, 0.3) is 0 Å². The van der Waals surface area contributed by atoms with Crippen LogP contribution in [0.1, 0.15) is 80.6 Å². The van der Waals surface area contributed by atoms with Crippen LogP contribution in [0.15, 0.2) is 24.3 Å². The van der Waals surface area contributed by atoms with E-state index < -0.39 is 35.1 Å². The topological polar surface area (TPSA) is 40.5 Å². The van der Waals surface area contributed by atoms with E-state index in [0.29, 0.717) is 50.0 Å². The van der Waals surface area contributed by atoms with E-state index in [1.807, 2.05) is 6.92 Å². The molecule has 1 saturated carbocycles. The van der Waals surface area contributed by atoms with Crippen LogP contribution in [0.5, 0.6) is 5.75 Å². The summed E-state index contributed by atoms with van der Waals surface area (Å²) >= 11 is 0. The predicted octanol–water partition coefficient (Wildman–Crippen LogP) is 6.69. The van der Waals surface area contributed by atoms with Gasteiger partial charge < -0.3 is 10.2 Å². The van der Waals surface area contributed by atoms with Crippen LogP contribution < -0.4 is 0 Å². The highest BCUT2D eigenvalue weighted by molar-refractivity contribution is 5.32. The molecule has 6 heteroatoms. The monoisotopic (exact) mass is 424 g/mol. The minimum atomic E-state index is -1.21. The summed E-state index contributed by atoms with van der Waals surface area (Å²) in [5.41, 5.74) is 0.591. The third-order valence-electron chi connectivity index (χ3n) is 6.31. The fourth-order valence-corrected chi connectivity index (χ4v) is 4.48. The fourth-order valence-electron chi connectivity index (χ4n) is 4.48. The molecule has 0 aromatic heterocycles. The second-order valence-corrected chi connectivity index (χ2v) is 8.30. The Morgan fingerprint density at radius 1 is 0.900 bits per heavy atom. The number of aliphatic hydroxyl groups is 1. The van der Waals surface area contributed by atoms with Gasteiger partial charge in [-0.15, -0.1) is 0 Å². The average molecular weight is 424 g/mol. The summed E-state index contributed by atoms with van der Waals surface area (Å²) in [7, 11) is 0. The number of phenols is 1. The first-order valence-electron chi connectivity index (χ1n) is 10.6. The summed E-state index contributed by atoms with van der Waals surface area (Å²) < 4.78 is 56.5. The molecule has 1 aliphatic rings. The highest BCUT2D eigenvalue weighted by atomic mass is 19.2. The minimum Gasteiger partial charge on any atom is -0.505 e. The Kier molecular flexibility index (Phi) is 7.40. The van der Waals surface area contributed by atoms with Gasteiger partial charge in [0.1, 0.15) is 0 Å². The lowest BCUT2D eigenvalue weighted by Gasteiger charge is -2.29. The Morgan fingerprint density at radius 2 is 1.60 bits per heavy atom. The van der Waals surface area contributed by atoms with E-state index >= 15 is 0 Å². The first kappa shape index (κ1) is 22.6. The van der Waals surface area contributed by atoms with Crippen LogP contribution in [-0.2, 0) is 6.42 Å². The van der Waals surface area contributed by atoms with E-state index in [0.717, 1.165) is 12.8 Å². The Labute approximate surface area is 174 Å². The van der Waals surface area contributed by atoms with Crippen LogP contribution in [0.3, 0.4) is 0 Å². The second kappa shape index (κ2) is 9.82. The van der Waals surface area contributed by atoms with E-state index in [4.69, 9.17) is 0 Å². The highest BCUT2D eigenvalue weighted by Crippen LogP contribution is 2.40. The maximum Gasteiger partial charge on any atom is 0.200 e. The van der Waals surface area contributed by atoms with Crippen LogP contribution in [0.25, 0.3) is 0 Å². The van der Waals surface area contributed by atoms with Gasteiger partial charge in [-0.1, -0.05) is 31.5 Å². The summed E-state index contributed by atoms with van der Waals surface area (Å²) in [5, 5.41) is 19.2. The molecule has 0 radical (unpaired) electrons. The second-order valence-electron chi connectivity index (χ2n) is 8.30. The van der Waals surface area contributed by atoms with Crippen molar-refractivity contribution in [2.75, 3.05) is 0 Å². The molecule has 0 aliphatic heterocycles. The number of aryl methyl sites for hydroxylation is 1. The van der Waals surface area contributed by atoms with Crippen molar-refractivity contribution < 1.29 is 27.8 Å². The third-order valence-corrected chi connectivity index (χ3v) is 6.31. The van der Waals surface area contributed by atoms with E-state index in [2.05, 4.69) is 0 Å². The van der Waals surface area contributed by atoms with Gasteiger partial charge in [0.05, 0.1) is 6.10 Å². The lowest BCUT2D eigenvalue weighted by atomic mass is 9.76. The van der Waals surface area contributed by atoms with Crippen molar-refractivity contribution in [1.29, 1.82) is 0 Å². The molecule has 2 aromatic rings. The number of hydrogen-bond donors (Lipinski definition) is 2. The number of phenolic OH excluding ortho intramolecular Hbond substituents is 1. The lowest BCUT2D eigenvalue weighted by Crippen LogP contribution is -2.16. The van der Waals surface area contributed by atoms with Crippen LogP contribution in [0.4, 0.5) is 17.6 Å². The van der Waals surface area contributed by atoms with Gasteiger partial charge in [0.15, 0.2) is 23.2 Å². The molecule has 30 heavy (non-hydrogen) atoms. The molecule has 0 saturated heterocycles. The molecule has 1 unspecified atom stereocenters. The maximum absolute atomic E-state index is 14.4. The SMILES string of the molecule is CCCC(O)c1ccc(CCC2CCC(c3ccc(O)c(F)c3F)CC2)c(F)c1F. The van der Waals surface area contributed by atoms with Crippen molar-refractivity contribution >= 4 is 0 Å². The quantitative estimate of drug-likeness (QED) is 0.486. The smallest absolute Gasteiger partial charge is 0.200 e. The molecule has 3 rings (SSSR count). The zero-order chi connectivity index (χ0) is 21.8. The third kappa shape index (κ3) is 4.80. The Bertz CT molecular complexity index is 876. The van der Waals surface area contributed by atoms with E-state index in [1.54, 1.807) is 6.07 Å². The molecule has 0 amide bonds. The van der Waals surface area contributed by atoms with Crippen LogP contribution in [0.2, 0.25) is 0 Å². The minimum absolute atomic E-state index is 0.00163. The molecule has 164 valence electrons. The molecule has 2 N–H and O–H groups in total. The van der Waals surface area contributed by atoms with Crippen LogP contribution in [-0.4, -0.2) is 10.2 Å². The molecular weight excluding hydrogens is 396 g/mol. The first-order valence-corrected chi connectivity index (χ1v) is 10.6. The van der Waals surface area contributed by atoms with E-state index in [9.17, 15) is 27.8 Å². The molecule has 1 atom stereocenters. The number of aliphatic hydroxyl groups excluding tert-OH is 1. The summed E-state index contributed by atoms with van der Waals surface area (Å²) in [5.74, 6) is -4.54. The predicted molar refractivity (Wildman–Crippen MR) is 107 cm³/mol.